The summed E-state index contributed by atoms with van der Waals surface area (Å²) in [7, 11) is 0. The Kier molecular flexibility index (Phi) is 9.51. The van der Waals surface area contributed by atoms with Crippen LogP contribution >= 0.6 is 24.2 Å². The Labute approximate surface area is 141 Å². The maximum atomic E-state index is 12.3. The molecule has 2 unspecified atom stereocenters. The van der Waals surface area contributed by atoms with Gasteiger partial charge in [0.2, 0.25) is 0 Å². The van der Waals surface area contributed by atoms with Crippen LogP contribution in [0.3, 0.4) is 0 Å². The molecule has 2 atom stereocenters. The minimum atomic E-state index is -1.17. The van der Waals surface area contributed by atoms with Gasteiger partial charge in [-0.1, -0.05) is 37.9 Å². The van der Waals surface area contributed by atoms with Crippen molar-refractivity contribution in [1.29, 1.82) is 5.41 Å². The molecule has 6 nitrogen and oxygen atoms in total. The van der Waals surface area contributed by atoms with Gasteiger partial charge in [0.05, 0.1) is 6.61 Å². The molecule has 128 valence electrons. The fraction of sp³-hybridized carbons (Fsp3) is 0.786. The molecule has 0 aromatic rings. The zero-order valence-electron chi connectivity index (χ0n) is 13.1. The van der Waals surface area contributed by atoms with Crippen molar-refractivity contribution in [2.45, 2.75) is 52.1 Å². The van der Waals surface area contributed by atoms with Crippen molar-refractivity contribution >= 4 is 41.3 Å². The number of rotatable bonds is 8. The molecule has 0 radical (unpaired) electrons. The molecule has 0 bridgehead atoms. The third-order valence-corrected chi connectivity index (χ3v) is 4.39. The number of esters is 2. The summed E-state index contributed by atoms with van der Waals surface area (Å²) < 4.78 is 10.4. The fourth-order valence-electron chi connectivity index (χ4n) is 2.47. The van der Waals surface area contributed by atoms with Gasteiger partial charge in [0, 0.05) is 12.2 Å². The average Bonchev–Trinajstić information content (AvgIpc) is 2.75. The predicted octanol–water partition coefficient (Wildman–Crippen LogP) is 2.48. The highest BCUT2D eigenvalue weighted by Crippen LogP contribution is 2.41. The summed E-state index contributed by atoms with van der Waals surface area (Å²) in [6, 6.07) is 0. The largest absolute Gasteiger partial charge is 0.465 e. The van der Waals surface area contributed by atoms with E-state index in [1.807, 2.05) is 0 Å². The van der Waals surface area contributed by atoms with Crippen LogP contribution in [0.25, 0.3) is 0 Å². The van der Waals surface area contributed by atoms with Crippen LogP contribution in [0.2, 0.25) is 0 Å². The Bertz CT molecular complexity index is 408. The molecule has 0 amide bonds. The van der Waals surface area contributed by atoms with E-state index in [4.69, 9.17) is 20.6 Å². The van der Waals surface area contributed by atoms with Gasteiger partial charge in [-0.2, -0.15) is 0 Å². The fourth-order valence-corrected chi connectivity index (χ4v) is 3.02. The highest BCUT2D eigenvalue weighted by atomic mass is 35.5. The lowest BCUT2D eigenvalue weighted by Crippen LogP contribution is -2.37. The number of thioether (sulfide) groups is 1. The van der Waals surface area contributed by atoms with E-state index >= 15 is 0 Å². The Hall–Kier alpha value is -0.950. The quantitative estimate of drug-likeness (QED) is 0.229. The first-order valence-electron chi connectivity index (χ1n) is 7.31. The number of ether oxygens (including phenoxy) is 2. The summed E-state index contributed by atoms with van der Waals surface area (Å²) in [5, 5.41) is 7.18. The standard InChI is InChI=1S/C14H24N2O4S.ClH/c1-3-5-6-7-14(11(17)19-4-2)8-10(20-12(14)18)9-21-13(15)16;/h10H,3-9H2,1-2H3,(H3,15,16);1H. The number of carbonyl (C=O) groups excluding carboxylic acids is 2. The van der Waals surface area contributed by atoms with Gasteiger partial charge in [0.25, 0.3) is 0 Å². The van der Waals surface area contributed by atoms with E-state index < -0.39 is 23.5 Å². The maximum Gasteiger partial charge on any atom is 0.323 e. The van der Waals surface area contributed by atoms with Gasteiger partial charge in [0.1, 0.15) is 6.10 Å². The highest BCUT2D eigenvalue weighted by Gasteiger charge is 2.55. The third-order valence-electron chi connectivity index (χ3n) is 3.54. The monoisotopic (exact) mass is 352 g/mol. The van der Waals surface area contributed by atoms with Crippen molar-refractivity contribution in [3.63, 3.8) is 0 Å². The number of cyclic esters (lactones) is 1. The summed E-state index contributed by atoms with van der Waals surface area (Å²) in [6.45, 7) is 4.03. The van der Waals surface area contributed by atoms with Crippen LogP contribution in [0.5, 0.6) is 0 Å². The first-order valence-corrected chi connectivity index (χ1v) is 8.30. The highest BCUT2D eigenvalue weighted by molar-refractivity contribution is 8.13. The molecule has 0 spiro atoms. The van der Waals surface area contributed by atoms with E-state index in [2.05, 4.69) is 6.92 Å². The van der Waals surface area contributed by atoms with Crippen LogP contribution < -0.4 is 5.73 Å². The van der Waals surface area contributed by atoms with Crippen LogP contribution in [-0.4, -0.2) is 35.6 Å². The Morgan fingerprint density at radius 3 is 2.73 bits per heavy atom. The lowest BCUT2D eigenvalue weighted by Gasteiger charge is -2.22. The minimum Gasteiger partial charge on any atom is -0.465 e. The first-order chi connectivity index (χ1) is 9.96. The van der Waals surface area contributed by atoms with Gasteiger partial charge in [-0.15, -0.1) is 12.4 Å². The number of hydrogen-bond acceptors (Lipinski definition) is 6. The second-order valence-electron chi connectivity index (χ2n) is 5.17. The number of unbranched alkanes of at least 4 members (excludes halogenated alkanes) is 2. The molecule has 0 aliphatic carbocycles. The van der Waals surface area contributed by atoms with E-state index in [1.54, 1.807) is 6.92 Å². The molecule has 1 aliphatic rings. The maximum absolute atomic E-state index is 12.3. The lowest BCUT2D eigenvalue weighted by molar-refractivity contribution is -0.165. The molecule has 0 aromatic carbocycles. The van der Waals surface area contributed by atoms with Crippen molar-refractivity contribution in [1.82, 2.24) is 0 Å². The number of amidine groups is 1. The predicted molar refractivity (Wildman–Crippen MR) is 89.3 cm³/mol. The van der Waals surface area contributed by atoms with Crippen molar-refractivity contribution < 1.29 is 19.1 Å². The van der Waals surface area contributed by atoms with E-state index in [9.17, 15) is 9.59 Å². The molecule has 1 rings (SSSR count). The summed E-state index contributed by atoms with van der Waals surface area (Å²) in [4.78, 5) is 24.5. The molecule has 1 aliphatic heterocycles. The number of carbonyl (C=O) groups is 2. The molecule has 1 saturated heterocycles. The van der Waals surface area contributed by atoms with Crippen LogP contribution in [0, 0.1) is 10.8 Å². The summed E-state index contributed by atoms with van der Waals surface area (Å²) in [5.41, 5.74) is 4.12. The normalized spacial score (nSPS) is 23.5. The molecule has 0 aromatic heterocycles. The van der Waals surface area contributed by atoms with Gasteiger partial charge in [-0.25, -0.2) is 0 Å². The van der Waals surface area contributed by atoms with E-state index in [1.165, 1.54) is 0 Å². The molecule has 1 fully saturated rings. The van der Waals surface area contributed by atoms with Crippen molar-refractivity contribution in [2.75, 3.05) is 12.4 Å². The molecule has 0 saturated carbocycles. The number of halogens is 1. The van der Waals surface area contributed by atoms with Crippen molar-refractivity contribution in [2.24, 2.45) is 11.1 Å². The summed E-state index contributed by atoms with van der Waals surface area (Å²) in [6.07, 6.45) is 3.14. The van der Waals surface area contributed by atoms with Gasteiger partial charge in [-0.3, -0.25) is 15.0 Å². The Morgan fingerprint density at radius 2 is 2.18 bits per heavy atom. The number of nitrogens with one attached hydrogen (secondary N) is 1. The minimum absolute atomic E-state index is 0. The molecule has 22 heavy (non-hydrogen) atoms. The second-order valence-corrected chi connectivity index (χ2v) is 6.23. The van der Waals surface area contributed by atoms with E-state index in [0.29, 0.717) is 18.6 Å². The van der Waals surface area contributed by atoms with Crippen LogP contribution in [-0.2, 0) is 19.1 Å². The Morgan fingerprint density at radius 1 is 1.50 bits per heavy atom. The van der Waals surface area contributed by atoms with Gasteiger partial charge in [0.15, 0.2) is 10.6 Å². The molecular weight excluding hydrogens is 328 g/mol. The molecule has 1 heterocycles. The van der Waals surface area contributed by atoms with E-state index in [0.717, 1.165) is 31.0 Å². The molecule has 8 heteroatoms. The van der Waals surface area contributed by atoms with Crippen molar-refractivity contribution in [3.05, 3.63) is 0 Å². The summed E-state index contributed by atoms with van der Waals surface area (Å²) in [5.74, 6) is -0.580. The molecular formula is C14H25ClN2O4S. The van der Waals surface area contributed by atoms with Gasteiger partial charge < -0.3 is 15.2 Å². The lowest BCUT2D eigenvalue weighted by atomic mass is 9.80. The van der Waals surface area contributed by atoms with Crippen LogP contribution in [0.15, 0.2) is 0 Å². The van der Waals surface area contributed by atoms with Gasteiger partial charge in [-0.05, 0) is 13.3 Å². The number of nitrogens with two attached hydrogens (primary N) is 1. The third kappa shape index (κ3) is 5.35. The smallest absolute Gasteiger partial charge is 0.323 e. The van der Waals surface area contributed by atoms with E-state index in [-0.39, 0.29) is 24.2 Å². The first kappa shape index (κ1) is 21.0. The average molecular weight is 353 g/mol. The summed E-state index contributed by atoms with van der Waals surface area (Å²) >= 11 is 1.12. The van der Waals surface area contributed by atoms with Gasteiger partial charge >= 0.3 is 11.9 Å². The number of hydrogen-bond donors (Lipinski definition) is 2. The van der Waals surface area contributed by atoms with Crippen LogP contribution in [0.1, 0.15) is 46.0 Å². The Balaban J connectivity index is 0.00000441. The molecule has 3 N–H and O–H groups in total. The van der Waals surface area contributed by atoms with Crippen molar-refractivity contribution in [3.8, 4) is 0 Å². The zero-order valence-corrected chi connectivity index (χ0v) is 14.7. The topological polar surface area (TPSA) is 102 Å². The zero-order chi connectivity index (χ0) is 15.9. The second kappa shape index (κ2) is 9.94. The SMILES string of the molecule is CCCCCC1(C(=O)OCC)CC(CSC(=N)N)OC1=O.Cl. The van der Waals surface area contributed by atoms with Crippen LogP contribution in [0.4, 0.5) is 0 Å².